The first-order chi connectivity index (χ1) is 13.4. The highest BCUT2D eigenvalue weighted by Gasteiger charge is 2.29. The van der Waals surface area contributed by atoms with Gasteiger partial charge in [0.05, 0.1) is 5.02 Å². The van der Waals surface area contributed by atoms with E-state index in [4.69, 9.17) is 28.9 Å². The second-order valence-electron chi connectivity index (χ2n) is 6.27. The SMILES string of the molecule is Cl.Nc1ccc(C(=C2CNNC2=O)c2c(C(=O)O)[nH]c3cc(Cl)cc(Cl)c23)cc1. The number of amides is 1. The van der Waals surface area contributed by atoms with E-state index in [-0.39, 0.29) is 35.6 Å². The average Bonchev–Trinajstić information content (AvgIpc) is 3.21. The van der Waals surface area contributed by atoms with Crippen LogP contribution in [0.15, 0.2) is 42.0 Å². The molecular weight excluding hydrogens is 439 g/mol. The molecule has 2 aromatic carbocycles. The van der Waals surface area contributed by atoms with Crippen LogP contribution in [0.2, 0.25) is 10.0 Å². The van der Waals surface area contributed by atoms with E-state index >= 15 is 0 Å². The molecule has 2 heterocycles. The van der Waals surface area contributed by atoms with Gasteiger partial charge in [-0.2, -0.15) is 0 Å². The molecule has 1 aliphatic rings. The van der Waals surface area contributed by atoms with E-state index in [1.54, 1.807) is 30.3 Å². The van der Waals surface area contributed by atoms with Gasteiger partial charge in [-0.15, -0.1) is 12.4 Å². The van der Waals surface area contributed by atoms with Crippen LogP contribution in [0.1, 0.15) is 21.6 Å². The van der Waals surface area contributed by atoms with E-state index < -0.39 is 5.97 Å². The number of carboxylic acids is 1. The van der Waals surface area contributed by atoms with Gasteiger partial charge in [0.25, 0.3) is 5.91 Å². The fraction of sp³-hybridized carbons (Fsp3) is 0.0526. The number of carbonyl (C=O) groups is 2. The highest BCUT2D eigenvalue weighted by molar-refractivity contribution is 6.39. The predicted molar refractivity (Wildman–Crippen MR) is 116 cm³/mol. The second-order valence-corrected chi connectivity index (χ2v) is 7.12. The summed E-state index contributed by atoms with van der Waals surface area (Å²) in [5.41, 5.74) is 13.8. The molecule has 1 fully saturated rings. The number of halogens is 3. The topological polar surface area (TPSA) is 120 Å². The van der Waals surface area contributed by atoms with Crippen molar-refractivity contribution < 1.29 is 14.7 Å². The molecule has 0 radical (unpaired) electrons. The number of anilines is 1. The average molecular weight is 454 g/mol. The number of nitrogens with two attached hydrogens (primary N) is 1. The Bertz CT molecular complexity index is 1170. The summed E-state index contributed by atoms with van der Waals surface area (Å²) in [7, 11) is 0. The van der Waals surface area contributed by atoms with Gasteiger partial charge in [-0.25, -0.2) is 10.2 Å². The highest BCUT2D eigenvalue weighted by atomic mass is 35.5. The number of nitrogens with one attached hydrogen (secondary N) is 3. The van der Waals surface area contributed by atoms with Crippen molar-refractivity contribution in [3.8, 4) is 0 Å². The molecule has 0 atom stereocenters. The van der Waals surface area contributed by atoms with Gasteiger partial charge in [0.2, 0.25) is 0 Å². The molecule has 4 rings (SSSR count). The molecule has 150 valence electrons. The molecule has 1 aromatic heterocycles. The second kappa shape index (κ2) is 7.96. The summed E-state index contributed by atoms with van der Waals surface area (Å²) in [4.78, 5) is 27.3. The van der Waals surface area contributed by atoms with Crippen molar-refractivity contribution in [2.24, 2.45) is 0 Å². The van der Waals surface area contributed by atoms with E-state index in [2.05, 4.69) is 15.8 Å². The Morgan fingerprint density at radius 2 is 1.83 bits per heavy atom. The van der Waals surface area contributed by atoms with Crippen LogP contribution in [0.5, 0.6) is 0 Å². The first-order valence-electron chi connectivity index (χ1n) is 8.23. The van der Waals surface area contributed by atoms with Gasteiger partial charge in [0, 0.05) is 44.9 Å². The summed E-state index contributed by atoms with van der Waals surface area (Å²) in [5.74, 6) is -1.53. The number of aromatic amines is 1. The highest BCUT2D eigenvalue weighted by Crippen LogP contribution is 2.40. The van der Waals surface area contributed by atoms with E-state index in [9.17, 15) is 14.7 Å². The van der Waals surface area contributed by atoms with Gasteiger partial charge < -0.3 is 15.8 Å². The monoisotopic (exact) mass is 452 g/mol. The molecule has 7 nitrogen and oxygen atoms in total. The Hall–Kier alpha value is -2.71. The van der Waals surface area contributed by atoms with Crippen molar-refractivity contribution in [1.29, 1.82) is 0 Å². The normalized spacial score (nSPS) is 15.2. The molecule has 0 unspecified atom stereocenters. The lowest BCUT2D eigenvalue weighted by Gasteiger charge is -2.13. The van der Waals surface area contributed by atoms with Crippen LogP contribution in [-0.2, 0) is 4.79 Å². The van der Waals surface area contributed by atoms with Crippen molar-refractivity contribution >= 4 is 69.6 Å². The number of carbonyl (C=O) groups excluding carboxylic acids is 1. The zero-order valence-electron chi connectivity index (χ0n) is 14.7. The lowest BCUT2D eigenvalue weighted by molar-refractivity contribution is -0.116. The number of hydrogen-bond donors (Lipinski definition) is 5. The Labute approximate surface area is 181 Å². The quantitative estimate of drug-likeness (QED) is 0.306. The van der Waals surface area contributed by atoms with Gasteiger partial charge in [-0.1, -0.05) is 35.3 Å². The zero-order chi connectivity index (χ0) is 20.0. The largest absolute Gasteiger partial charge is 0.477 e. The molecule has 0 saturated carbocycles. The lowest BCUT2D eigenvalue weighted by atomic mass is 9.90. The summed E-state index contributed by atoms with van der Waals surface area (Å²) in [6, 6.07) is 9.96. The number of hydrazine groups is 1. The lowest BCUT2D eigenvalue weighted by Crippen LogP contribution is -2.25. The maximum absolute atomic E-state index is 12.4. The molecule has 0 aliphatic carbocycles. The first kappa shape index (κ1) is 21.0. The summed E-state index contributed by atoms with van der Waals surface area (Å²) < 4.78 is 0. The molecule has 1 amide bonds. The maximum Gasteiger partial charge on any atom is 0.352 e. The molecule has 6 N–H and O–H groups in total. The minimum Gasteiger partial charge on any atom is -0.477 e. The number of aromatic carboxylic acids is 1. The number of rotatable bonds is 3. The minimum atomic E-state index is -1.18. The van der Waals surface area contributed by atoms with Crippen molar-refractivity contribution in [1.82, 2.24) is 15.8 Å². The molecular formula is C19H15Cl3N4O3. The van der Waals surface area contributed by atoms with E-state index in [1.165, 1.54) is 6.07 Å². The van der Waals surface area contributed by atoms with Crippen LogP contribution < -0.4 is 16.6 Å². The van der Waals surface area contributed by atoms with Crippen LogP contribution >= 0.6 is 35.6 Å². The van der Waals surface area contributed by atoms with Gasteiger partial charge >= 0.3 is 5.97 Å². The Kier molecular flexibility index (Phi) is 5.77. The molecule has 29 heavy (non-hydrogen) atoms. The van der Waals surface area contributed by atoms with Gasteiger partial charge in [-0.3, -0.25) is 10.2 Å². The minimum absolute atomic E-state index is 0. The molecule has 1 saturated heterocycles. The number of carboxylic acid groups (broad SMARTS) is 1. The molecule has 0 spiro atoms. The third-order valence-electron chi connectivity index (χ3n) is 4.52. The molecule has 3 aromatic rings. The van der Waals surface area contributed by atoms with Gasteiger partial charge in [-0.05, 0) is 29.8 Å². The standard InChI is InChI=1S/C19H14Cl2N4O3.ClH/c20-9-5-12(21)15-13(6-9)24-17(19(27)28)16(15)14(11-7-23-25-18(11)26)8-1-3-10(22)4-2-8;/h1-6,23-24H,7,22H2,(H,25,26)(H,27,28);1H. The number of benzene rings is 2. The van der Waals surface area contributed by atoms with E-state index in [1.807, 2.05) is 0 Å². The van der Waals surface area contributed by atoms with Crippen LogP contribution in [0, 0.1) is 0 Å². The maximum atomic E-state index is 12.4. The number of hydrogen-bond acceptors (Lipinski definition) is 4. The molecule has 10 heteroatoms. The first-order valence-corrected chi connectivity index (χ1v) is 8.99. The van der Waals surface area contributed by atoms with Crippen LogP contribution in [-0.4, -0.2) is 28.5 Å². The number of fused-ring (bicyclic) bond motifs is 1. The molecule has 1 aliphatic heterocycles. The van der Waals surface area contributed by atoms with Crippen molar-refractivity contribution in [2.75, 3.05) is 12.3 Å². The van der Waals surface area contributed by atoms with E-state index in [0.717, 1.165) is 0 Å². The van der Waals surface area contributed by atoms with Crippen molar-refractivity contribution in [3.05, 3.63) is 68.8 Å². The number of nitrogen functional groups attached to an aromatic ring is 1. The third-order valence-corrected chi connectivity index (χ3v) is 5.04. The Morgan fingerprint density at radius 1 is 1.14 bits per heavy atom. The van der Waals surface area contributed by atoms with Crippen molar-refractivity contribution in [3.63, 3.8) is 0 Å². The third kappa shape index (κ3) is 3.65. The Balaban J connectivity index is 0.00000240. The predicted octanol–water partition coefficient (Wildman–Crippen LogP) is 3.61. The van der Waals surface area contributed by atoms with E-state index in [0.29, 0.717) is 43.9 Å². The van der Waals surface area contributed by atoms with Crippen LogP contribution in [0.4, 0.5) is 5.69 Å². The summed E-state index contributed by atoms with van der Waals surface area (Å²) in [6.07, 6.45) is 0. The Morgan fingerprint density at radius 3 is 2.41 bits per heavy atom. The zero-order valence-corrected chi connectivity index (χ0v) is 17.0. The molecule has 0 bridgehead atoms. The van der Waals surface area contributed by atoms with Gasteiger partial charge in [0.15, 0.2) is 0 Å². The fourth-order valence-corrected chi connectivity index (χ4v) is 3.94. The summed E-state index contributed by atoms with van der Waals surface area (Å²) in [6.45, 7) is 0.218. The summed E-state index contributed by atoms with van der Waals surface area (Å²) in [5, 5.41) is 10.9. The smallest absolute Gasteiger partial charge is 0.352 e. The van der Waals surface area contributed by atoms with Gasteiger partial charge in [0.1, 0.15) is 5.69 Å². The van der Waals surface area contributed by atoms with Crippen LogP contribution in [0.25, 0.3) is 16.5 Å². The van der Waals surface area contributed by atoms with Crippen molar-refractivity contribution in [2.45, 2.75) is 0 Å². The van der Waals surface area contributed by atoms with Crippen LogP contribution in [0.3, 0.4) is 0 Å². The number of aromatic nitrogens is 1. The fourth-order valence-electron chi connectivity index (χ4n) is 3.35. The summed E-state index contributed by atoms with van der Waals surface area (Å²) >= 11 is 12.5. The number of H-pyrrole nitrogens is 1.